The van der Waals surface area contributed by atoms with E-state index in [4.69, 9.17) is 0 Å². The van der Waals surface area contributed by atoms with Crippen LogP contribution in [0.15, 0.2) is 29.3 Å². The lowest BCUT2D eigenvalue weighted by atomic mass is 9.99. The zero-order valence-electron chi connectivity index (χ0n) is 15.5. The minimum absolute atomic E-state index is 0.0575. The molecule has 2 atom stereocenters. The van der Waals surface area contributed by atoms with Crippen LogP contribution in [0.25, 0.3) is 0 Å². The number of fused-ring (bicyclic) bond motifs is 1. The summed E-state index contributed by atoms with van der Waals surface area (Å²) in [4.78, 5) is 18.6. The molecule has 2 unspecified atom stereocenters. The molecule has 1 amide bonds. The van der Waals surface area contributed by atoms with Crippen molar-refractivity contribution in [2.45, 2.75) is 57.2 Å². The molecule has 2 aliphatic heterocycles. The van der Waals surface area contributed by atoms with E-state index in [1.165, 1.54) is 11.8 Å². The fourth-order valence-corrected chi connectivity index (χ4v) is 7.46. The van der Waals surface area contributed by atoms with Gasteiger partial charge in [0.15, 0.2) is 15.0 Å². The van der Waals surface area contributed by atoms with Crippen molar-refractivity contribution < 1.29 is 13.2 Å². The molecule has 0 bridgehead atoms. The van der Waals surface area contributed by atoms with Crippen LogP contribution in [-0.4, -0.2) is 42.3 Å². The summed E-state index contributed by atoms with van der Waals surface area (Å²) in [6.07, 6.45) is 2.21. The topological polar surface area (TPSA) is 66.8 Å². The summed E-state index contributed by atoms with van der Waals surface area (Å²) in [6, 6.07) is 7.88. The number of carbonyl (C=O) groups is 1. The maximum absolute atomic E-state index is 12.3. The molecule has 2 heterocycles. The van der Waals surface area contributed by atoms with Crippen LogP contribution in [0.1, 0.15) is 51.5 Å². The molecule has 0 N–H and O–H groups in total. The minimum atomic E-state index is -3.05. The molecule has 0 spiro atoms. The second-order valence-electron chi connectivity index (χ2n) is 7.28. The zero-order valence-corrected chi connectivity index (χ0v) is 17.1. The summed E-state index contributed by atoms with van der Waals surface area (Å²) in [5.74, 6) is 0.457. The molecule has 2 fully saturated rings. The van der Waals surface area contributed by atoms with Crippen LogP contribution < -0.4 is 4.90 Å². The number of amidine groups is 1. The van der Waals surface area contributed by atoms with Crippen molar-refractivity contribution in [2.24, 2.45) is 4.99 Å². The molecule has 2 saturated heterocycles. The number of thioether (sulfide) groups is 1. The summed E-state index contributed by atoms with van der Waals surface area (Å²) < 4.78 is 24.3. The third-order valence-corrected chi connectivity index (χ3v) is 8.06. The predicted molar refractivity (Wildman–Crippen MR) is 109 cm³/mol. The van der Waals surface area contributed by atoms with Gasteiger partial charge in [-0.05, 0) is 24.0 Å². The molecular formula is C19H26N2O3S2. The SMILES string of the molecule is CCCCC(=O)N=C1SC2CS(=O)(=O)CC2N1c1ccccc1C(C)C. The fraction of sp³-hybridized carbons (Fsp3) is 0.579. The Morgan fingerprint density at radius 2 is 2.04 bits per heavy atom. The van der Waals surface area contributed by atoms with Crippen LogP contribution in [-0.2, 0) is 14.6 Å². The van der Waals surface area contributed by atoms with Gasteiger partial charge in [-0.1, -0.05) is 57.2 Å². The van der Waals surface area contributed by atoms with Crippen LogP contribution in [0.5, 0.6) is 0 Å². The first-order valence-corrected chi connectivity index (χ1v) is 11.9. The summed E-state index contributed by atoms with van der Waals surface area (Å²) >= 11 is 1.44. The number of rotatable bonds is 5. The maximum Gasteiger partial charge on any atom is 0.248 e. The first-order chi connectivity index (χ1) is 12.3. The van der Waals surface area contributed by atoms with E-state index in [0.717, 1.165) is 24.1 Å². The Bertz CT molecular complexity index is 818. The standard InChI is InChI=1S/C19H26N2O3S2/c1-4-5-10-18(22)20-19-21(15-9-7-6-8-14(15)13(2)3)16-11-26(23,24)12-17(16)25-19/h6-9,13,16-17H,4-5,10-12H2,1-3H3. The third kappa shape index (κ3) is 3.98. The van der Waals surface area contributed by atoms with Crippen LogP contribution in [0.4, 0.5) is 5.69 Å². The number of unbranched alkanes of at least 4 members (excludes halogenated alkanes) is 1. The summed E-state index contributed by atoms with van der Waals surface area (Å²) in [6.45, 7) is 6.29. The number of sulfone groups is 1. The minimum Gasteiger partial charge on any atom is -0.315 e. The Balaban J connectivity index is 2.01. The van der Waals surface area contributed by atoms with Gasteiger partial charge in [-0.3, -0.25) is 4.79 Å². The van der Waals surface area contributed by atoms with Crippen molar-refractivity contribution in [3.63, 3.8) is 0 Å². The van der Waals surface area contributed by atoms with E-state index in [-0.39, 0.29) is 28.7 Å². The van der Waals surface area contributed by atoms with Crippen molar-refractivity contribution in [3.8, 4) is 0 Å². The van der Waals surface area contributed by atoms with E-state index >= 15 is 0 Å². The Hall–Kier alpha value is -1.34. The quantitative estimate of drug-likeness (QED) is 0.763. The van der Waals surface area contributed by atoms with Gasteiger partial charge < -0.3 is 4.90 Å². The van der Waals surface area contributed by atoms with Crippen molar-refractivity contribution in [1.82, 2.24) is 0 Å². The molecule has 0 radical (unpaired) electrons. The van der Waals surface area contributed by atoms with Crippen molar-refractivity contribution in [2.75, 3.05) is 16.4 Å². The van der Waals surface area contributed by atoms with Gasteiger partial charge in [0.1, 0.15) is 0 Å². The van der Waals surface area contributed by atoms with Gasteiger partial charge in [0, 0.05) is 17.4 Å². The average Bonchev–Trinajstić information content (AvgIpc) is 3.03. The molecule has 7 heteroatoms. The number of anilines is 1. The van der Waals surface area contributed by atoms with Gasteiger partial charge in [0.25, 0.3) is 0 Å². The van der Waals surface area contributed by atoms with Crippen molar-refractivity contribution >= 4 is 38.4 Å². The average molecular weight is 395 g/mol. The van der Waals surface area contributed by atoms with Gasteiger partial charge in [-0.2, -0.15) is 4.99 Å². The van der Waals surface area contributed by atoms with E-state index < -0.39 is 9.84 Å². The molecule has 0 aliphatic carbocycles. The monoisotopic (exact) mass is 394 g/mol. The molecule has 1 aromatic rings. The van der Waals surface area contributed by atoms with E-state index in [0.29, 0.717) is 17.5 Å². The Labute approximate surface area is 160 Å². The maximum atomic E-state index is 12.3. The van der Waals surface area contributed by atoms with Gasteiger partial charge in [0.2, 0.25) is 5.91 Å². The lowest BCUT2D eigenvalue weighted by molar-refractivity contribution is -0.117. The number of amides is 1. The Morgan fingerprint density at radius 1 is 1.31 bits per heavy atom. The molecule has 1 aromatic carbocycles. The van der Waals surface area contributed by atoms with Gasteiger partial charge in [-0.15, -0.1) is 0 Å². The smallest absolute Gasteiger partial charge is 0.248 e. The number of hydrogen-bond acceptors (Lipinski definition) is 4. The van der Waals surface area contributed by atoms with Gasteiger partial charge in [0.05, 0.1) is 17.5 Å². The fourth-order valence-electron chi connectivity index (χ4n) is 3.53. The summed E-state index contributed by atoms with van der Waals surface area (Å²) in [5.41, 5.74) is 2.12. The normalized spacial score (nSPS) is 25.8. The lowest BCUT2D eigenvalue weighted by Gasteiger charge is -2.28. The van der Waals surface area contributed by atoms with E-state index in [9.17, 15) is 13.2 Å². The highest BCUT2D eigenvalue weighted by molar-refractivity contribution is 8.16. The van der Waals surface area contributed by atoms with Gasteiger partial charge >= 0.3 is 0 Å². The highest BCUT2D eigenvalue weighted by atomic mass is 32.2. The number of hydrogen-bond donors (Lipinski definition) is 0. The second-order valence-corrected chi connectivity index (χ2v) is 10.6. The lowest BCUT2D eigenvalue weighted by Crippen LogP contribution is -2.38. The molecule has 2 aliphatic rings. The number of nitrogens with zero attached hydrogens (tertiary/aromatic N) is 2. The van der Waals surface area contributed by atoms with Crippen LogP contribution >= 0.6 is 11.8 Å². The van der Waals surface area contributed by atoms with E-state index in [2.05, 4.69) is 24.9 Å². The number of carbonyl (C=O) groups excluding carboxylic acids is 1. The molecule has 5 nitrogen and oxygen atoms in total. The van der Waals surface area contributed by atoms with Crippen molar-refractivity contribution in [1.29, 1.82) is 0 Å². The first kappa shape index (κ1) is 19.4. The third-order valence-electron chi connectivity index (χ3n) is 4.85. The Kier molecular flexibility index (Phi) is 5.77. The molecule has 3 rings (SSSR count). The van der Waals surface area contributed by atoms with Crippen LogP contribution in [0, 0.1) is 0 Å². The first-order valence-electron chi connectivity index (χ1n) is 9.19. The molecule has 0 aromatic heterocycles. The summed E-state index contributed by atoms with van der Waals surface area (Å²) in [7, 11) is -3.05. The second kappa shape index (κ2) is 7.72. The number of para-hydroxylation sites is 1. The van der Waals surface area contributed by atoms with Crippen LogP contribution in [0.2, 0.25) is 0 Å². The van der Waals surface area contributed by atoms with E-state index in [1.54, 1.807) is 0 Å². The van der Waals surface area contributed by atoms with E-state index in [1.807, 2.05) is 30.0 Å². The summed E-state index contributed by atoms with van der Waals surface area (Å²) in [5, 5.41) is 0.599. The molecular weight excluding hydrogens is 368 g/mol. The van der Waals surface area contributed by atoms with Gasteiger partial charge in [-0.25, -0.2) is 8.42 Å². The van der Waals surface area contributed by atoms with Crippen LogP contribution in [0.3, 0.4) is 0 Å². The molecule has 142 valence electrons. The number of benzene rings is 1. The largest absolute Gasteiger partial charge is 0.315 e. The molecule has 26 heavy (non-hydrogen) atoms. The highest BCUT2D eigenvalue weighted by Crippen LogP contribution is 2.43. The predicted octanol–water partition coefficient (Wildman–Crippen LogP) is 3.60. The number of aliphatic imine (C=N–C) groups is 1. The highest BCUT2D eigenvalue weighted by Gasteiger charge is 2.49. The zero-order chi connectivity index (χ0) is 18.9. The Morgan fingerprint density at radius 3 is 2.73 bits per heavy atom. The van der Waals surface area contributed by atoms with Crippen molar-refractivity contribution in [3.05, 3.63) is 29.8 Å². The molecule has 0 saturated carbocycles.